The summed E-state index contributed by atoms with van der Waals surface area (Å²) in [5.41, 5.74) is 2.46. The average Bonchev–Trinajstić information content (AvgIpc) is 3.37. The van der Waals surface area contributed by atoms with Crippen LogP contribution in [0.5, 0.6) is 0 Å². The third-order valence-corrected chi connectivity index (χ3v) is 8.50. The van der Waals surface area contributed by atoms with E-state index in [1.807, 2.05) is 31.2 Å². The van der Waals surface area contributed by atoms with Crippen LogP contribution >= 0.6 is 0 Å². The lowest BCUT2D eigenvalue weighted by Crippen LogP contribution is -2.45. The molecule has 2 fully saturated rings. The number of nitrogens with zero attached hydrogens (tertiary/aromatic N) is 4. The van der Waals surface area contributed by atoms with Crippen LogP contribution in [0, 0.1) is 12.7 Å². The van der Waals surface area contributed by atoms with Gasteiger partial charge in [0.05, 0.1) is 11.6 Å². The third-order valence-electron chi connectivity index (χ3n) is 8.50. The maximum atomic E-state index is 14.4. The van der Waals surface area contributed by atoms with Gasteiger partial charge in [-0.25, -0.2) is 9.37 Å². The van der Waals surface area contributed by atoms with Crippen LogP contribution in [-0.2, 0) is 9.59 Å². The Kier molecular flexibility index (Phi) is 7.79. The quantitative estimate of drug-likeness (QED) is 0.442. The van der Waals surface area contributed by atoms with Crippen molar-refractivity contribution in [3.63, 3.8) is 0 Å². The number of nitrogens with one attached hydrogen (secondary N) is 1. The molecule has 2 aliphatic heterocycles. The summed E-state index contributed by atoms with van der Waals surface area (Å²) in [6, 6.07) is 16.6. The van der Waals surface area contributed by atoms with Gasteiger partial charge in [0.15, 0.2) is 5.82 Å². The van der Waals surface area contributed by atoms with Gasteiger partial charge in [-0.15, -0.1) is 0 Å². The maximum absolute atomic E-state index is 14.4. The predicted molar refractivity (Wildman–Crippen MR) is 146 cm³/mol. The molecule has 202 valence electrons. The molecule has 2 saturated heterocycles. The van der Waals surface area contributed by atoms with Crippen LogP contribution in [0.1, 0.15) is 68.9 Å². The van der Waals surface area contributed by atoms with Gasteiger partial charge in [-0.3, -0.25) is 14.5 Å². The highest BCUT2D eigenvalue weighted by molar-refractivity contribution is 5.78. The zero-order valence-corrected chi connectivity index (χ0v) is 22.6. The zero-order valence-electron chi connectivity index (χ0n) is 22.6. The Bertz CT molecular complexity index is 1280. The lowest BCUT2D eigenvalue weighted by Gasteiger charge is -2.40. The van der Waals surface area contributed by atoms with Crippen LogP contribution in [0.2, 0.25) is 0 Å². The molecule has 0 aliphatic carbocycles. The Balaban J connectivity index is 1.25. The number of piperidine rings is 1. The summed E-state index contributed by atoms with van der Waals surface area (Å²) in [5, 5.41) is 3.23. The number of halogens is 1. The van der Waals surface area contributed by atoms with Gasteiger partial charge in [0.25, 0.3) is 0 Å². The van der Waals surface area contributed by atoms with Gasteiger partial charge in [-0.1, -0.05) is 36.4 Å². The van der Waals surface area contributed by atoms with Crippen molar-refractivity contribution in [1.29, 1.82) is 0 Å². The summed E-state index contributed by atoms with van der Waals surface area (Å²) in [6.07, 6.45) is 5.50. The monoisotopic (exact) mass is 519 g/mol. The molecule has 0 saturated carbocycles. The van der Waals surface area contributed by atoms with Crippen molar-refractivity contribution in [2.24, 2.45) is 0 Å². The lowest BCUT2D eigenvalue weighted by molar-refractivity contribution is -0.128. The molecule has 2 aliphatic rings. The molecule has 1 N–H and O–H groups in total. The summed E-state index contributed by atoms with van der Waals surface area (Å²) in [7, 11) is 1.72. The average molecular weight is 520 g/mol. The van der Waals surface area contributed by atoms with Crippen LogP contribution in [0.4, 0.5) is 4.39 Å². The smallest absolute Gasteiger partial charge is 0.222 e. The highest BCUT2D eigenvalue weighted by atomic mass is 19.1. The number of hydrogen-bond acceptors (Lipinski definition) is 4. The molecule has 3 aromatic rings. The Morgan fingerprint density at radius 3 is 2.47 bits per heavy atom. The van der Waals surface area contributed by atoms with Gasteiger partial charge in [-0.05, 0) is 56.7 Å². The molecule has 38 heavy (non-hydrogen) atoms. The standard InChI is InChI=1S/C30H38FN5O2/c1-20-32-30-26(31)10-7-11-28(30)36(20)25-18-23-12-13-24(19-25)35(23)17-14-27(22-8-5-4-6-9-22)33-29(38)15-16-34(3)21(2)37/h4-11,23-25,27H,12-19H2,1-3H3,(H,33,38)/t23?,24?,25?,27-/m0/s1. The number of carbonyl (C=O) groups excluding carboxylic acids is 2. The number of aromatic nitrogens is 2. The minimum Gasteiger partial charge on any atom is -0.349 e. The predicted octanol–water partition coefficient (Wildman–Crippen LogP) is 4.77. The van der Waals surface area contributed by atoms with E-state index in [0.717, 1.165) is 42.7 Å². The van der Waals surface area contributed by atoms with Crippen molar-refractivity contribution in [1.82, 2.24) is 24.7 Å². The highest BCUT2D eigenvalue weighted by Crippen LogP contribution is 2.42. The highest BCUT2D eigenvalue weighted by Gasteiger charge is 2.42. The van der Waals surface area contributed by atoms with Crippen LogP contribution < -0.4 is 5.32 Å². The molecule has 3 atom stereocenters. The molecule has 1 aromatic heterocycles. The molecule has 0 spiro atoms. The van der Waals surface area contributed by atoms with E-state index in [-0.39, 0.29) is 30.1 Å². The van der Waals surface area contributed by atoms with E-state index in [1.54, 1.807) is 18.0 Å². The Hall–Kier alpha value is -3.26. The van der Waals surface area contributed by atoms with E-state index >= 15 is 0 Å². The minimum atomic E-state index is -0.258. The number of para-hydroxylation sites is 1. The number of aryl methyl sites for hydroxylation is 1. The summed E-state index contributed by atoms with van der Waals surface area (Å²) in [4.78, 5) is 33.0. The van der Waals surface area contributed by atoms with Crippen LogP contribution in [-0.4, -0.2) is 63.4 Å². The number of hydrogen-bond donors (Lipinski definition) is 1. The second kappa shape index (κ2) is 11.2. The number of fused-ring (bicyclic) bond motifs is 3. The van der Waals surface area contributed by atoms with Gasteiger partial charge < -0.3 is 14.8 Å². The molecule has 2 unspecified atom stereocenters. The Labute approximate surface area is 224 Å². The topological polar surface area (TPSA) is 70.5 Å². The van der Waals surface area contributed by atoms with Crippen molar-refractivity contribution >= 4 is 22.8 Å². The molecule has 2 aromatic carbocycles. The molecule has 5 rings (SSSR count). The largest absolute Gasteiger partial charge is 0.349 e. The minimum absolute atomic E-state index is 0.0386. The molecule has 2 bridgehead atoms. The van der Waals surface area contributed by atoms with Gasteiger partial charge in [-0.2, -0.15) is 0 Å². The number of benzene rings is 2. The van der Waals surface area contributed by atoms with Gasteiger partial charge in [0, 0.05) is 51.6 Å². The molecule has 2 amide bonds. The lowest BCUT2D eigenvalue weighted by atomic mass is 9.95. The van der Waals surface area contributed by atoms with Crippen molar-refractivity contribution in [2.45, 2.75) is 76.5 Å². The van der Waals surface area contributed by atoms with E-state index in [0.29, 0.717) is 30.2 Å². The fraction of sp³-hybridized carbons (Fsp3) is 0.500. The summed E-state index contributed by atoms with van der Waals surface area (Å²) >= 11 is 0. The Morgan fingerprint density at radius 1 is 1.08 bits per heavy atom. The normalized spacial score (nSPS) is 21.9. The Morgan fingerprint density at radius 2 is 1.79 bits per heavy atom. The second-order valence-corrected chi connectivity index (χ2v) is 10.9. The molecule has 0 radical (unpaired) electrons. The molecular formula is C30H38FN5O2. The first kappa shape index (κ1) is 26.4. The number of carbonyl (C=O) groups is 2. The van der Waals surface area contributed by atoms with E-state index in [9.17, 15) is 14.0 Å². The van der Waals surface area contributed by atoms with Crippen LogP contribution in [0.15, 0.2) is 48.5 Å². The second-order valence-electron chi connectivity index (χ2n) is 10.9. The van der Waals surface area contributed by atoms with Crippen LogP contribution in [0.25, 0.3) is 11.0 Å². The fourth-order valence-corrected chi connectivity index (χ4v) is 6.46. The van der Waals surface area contributed by atoms with Crippen molar-refractivity contribution < 1.29 is 14.0 Å². The number of amides is 2. The van der Waals surface area contributed by atoms with Crippen molar-refractivity contribution in [3.8, 4) is 0 Å². The zero-order chi connectivity index (χ0) is 26.8. The van der Waals surface area contributed by atoms with E-state index < -0.39 is 0 Å². The van der Waals surface area contributed by atoms with Gasteiger partial charge >= 0.3 is 0 Å². The first-order chi connectivity index (χ1) is 18.3. The van der Waals surface area contributed by atoms with Crippen molar-refractivity contribution in [2.75, 3.05) is 20.1 Å². The number of imidazole rings is 1. The van der Waals surface area contributed by atoms with E-state index in [1.165, 1.54) is 25.8 Å². The third kappa shape index (κ3) is 5.46. The fourth-order valence-electron chi connectivity index (χ4n) is 6.46. The molecule has 3 heterocycles. The summed E-state index contributed by atoms with van der Waals surface area (Å²) in [6.45, 7) is 4.81. The van der Waals surface area contributed by atoms with E-state index in [2.05, 4.69) is 31.9 Å². The van der Waals surface area contributed by atoms with Crippen molar-refractivity contribution in [3.05, 3.63) is 65.7 Å². The molecule has 8 heteroatoms. The molecular weight excluding hydrogens is 481 g/mol. The summed E-state index contributed by atoms with van der Waals surface area (Å²) in [5.74, 6) is 0.542. The van der Waals surface area contributed by atoms with Crippen LogP contribution in [0.3, 0.4) is 0 Å². The molecule has 7 nitrogen and oxygen atoms in total. The number of rotatable bonds is 9. The summed E-state index contributed by atoms with van der Waals surface area (Å²) < 4.78 is 16.6. The van der Waals surface area contributed by atoms with Gasteiger partial charge in [0.1, 0.15) is 11.3 Å². The first-order valence-electron chi connectivity index (χ1n) is 13.8. The first-order valence-corrected chi connectivity index (χ1v) is 13.8. The van der Waals surface area contributed by atoms with E-state index in [4.69, 9.17) is 0 Å². The maximum Gasteiger partial charge on any atom is 0.222 e. The van der Waals surface area contributed by atoms with Gasteiger partial charge in [0.2, 0.25) is 11.8 Å². The SMILES string of the molecule is CC(=O)N(C)CCC(=O)N[C@@H](CCN1C2CCC1CC(n1c(C)nc3c(F)cccc31)C2)c1ccccc1.